The van der Waals surface area contributed by atoms with Crippen LogP contribution in [0.25, 0.3) is 0 Å². The Morgan fingerprint density at radius 3 is 2.38 bits per heavy atom. The first-order chi connectivity index (χ1) is 28.7. The molecule has 0 bridgehead atoms. The number of carbonyl (C=O) groups is 7. The van der Waals surface area contributed by atoms with Gasteiger partial charge in [0.25, 0.3) is 0 Å². The fraction of sp³-hybridized carbons (Fsp3) is 0.568. The number of aliphatic hydroxyl groups is 2. The van der Waals surface area contributed by atoms with Crippen LogP contribution < -0.4 is 21.3 Å². The zero-order valence-electron chi connectivity index (χ0n) is 34.6. The number of nitrogens with one attached hydrogen (secondary N) is 4. The van der Waals surface area contributed by atoms with E-state index in [9.17, 15) is 43.8 Å². The number of aliphatic hydroxyl groups excluding tert-OH is 2. The van der Waals surface area contributed by atoms with E-state index in [1.165, 1.54) is 10.5 Å². The predicted molar refractivity (Wildman–Crippen MR) is 219 cm³/mol. The highest BCUT2D eigenvalue weighted by molar-refractivity contribution is 6.09. The fourth-order valence-electron chi connectivity index (χ4n) is 9.66. The summed E-state index contributed by atoms with van der Waals surface area (Å²) in [5.74, 6) is -2.82. The minimum atomic E-state index is -1.53. The maximum Gasteiger partial charge on any atom is 0.319 e. The number of likely N-dealkylation sites (tertiary alicyclic amines) is 3. The largest absolute Gasteiger partial charge is 0.394 e. The number of benzene rings is 2. The van der Waals surface area contributed by atoms with Gasteiger partial charge >= 0.3 is 6.03 Å². The van der Waals surface area contributed by atoms with Gasteiger partial charge in [-0.15, -0.1) is 0 Å². The molecule has 16 heteroatoms. The Bertz CT molecular complexity index is 2040. The number of carbonyl (C=O) groups excluding carboxylic acids is 7. The summed E-state index contributed by atoms with van der Waals surface area (Å²) < 4.78 is 0. The van der Waals surface area contributed by atoms with Crippen molar-refractivity contribution in [3.63, 3.8) is 0 Å². The molecule has 3 aliphatic heterocycles. The van der Waals surface area contributed by atoms with E-state index >= 15 is 0 Å². The molecular weight excluding hydrogens is 771 g/mol. The molecule has 0 unspecified atom stereocenters. The number of β-amino-alcohol motifs (C(OH)–C–C–N with tert-alkyl or cyclic N) is 1. The van der Waals surface area contributed by atoms with Crippen molar-refractivity contribution in [3.8, 4) is 0 Å². The zero-order valence-corrected chi connectivity index (χ0v) is 34.6. The van der Waals surface area contributed by atoms with Crippen LogP contribution in [-0.2, 0) is 48.0 Å². The summed E-state index contributed by atoms with van der Waals surface area (Å²) in [5.41, 5.74) is 3.90. The molecule has 8 atom stereocenters. The van der Waals surface area contributed by atoms with E-state index in [4.69, 9.17) is 0 Å². The van der Waals surface area contributed by atoms with Crippen LogP contribution in [0.2, 0.25) is 0 Å². The third-order valence-electron chi connectivity index (χ3n) is 12.8. The first-order valence-corrected chi connectivity index (χ1v) is 21.3. The summed E-state index contributed by atoms with van der Waals surface area (Å²) in [6, 6.07) is 6.72. The summed E-state index contributed by atoms with van der Waals surface area (Å²) in [5, 5.41) is 32.1. The van der Waals surface area contributed by atoms with Gasteiger partial charge in [-0.3, -0.25) is 28.8 Å². The number of amides is 7. The van der Waals surface area contributed by atoms with Crippen LogP contribution in [0.5, 0.6) is 0 Å². The number of nitrogens with zero attached hydrogens (tertiary/aromatic N) is 3. The Hall–Kier alpha value is -5.35. The van der Waals surface area contributed by atoms with Gasteiger partial charge in [-0.05, 0) is 93.5 Å². The highest BCUT2D eigenvalue weighted by Crippen LogP contribution is 2.48. The highest BCUT2D eigenvalue weighted by atomic mass is 16.3. The summed E-state index contributed by atoms with van der Waals surface area (Å²) >= 11 is 0. The lowest BCUT2D eigenvalue weighted by Crippen LogP contribution is -2.61. The molecule has 4 fully saturated rings. The standard InChI is InChI=1S/C44H57N7O9/c1-25-8-6-9-28(16-25)17-33(48-43(60)46-31-14-13-29-10-7-11-30(29)18-31)38(55)47-34(24-52)41(58)50-23-32(53)19-36(50)42(59)49-15-5-4-12-35(49)39(56)45-27(3)40(57)51-22-26(2)20-44(51)21-37(44)54/h6,8-9,13-14,16,18,26-27,32-36,52-53H,4-5,7,10-12,15,17,19-24H2,1-3H3,(H,45,56)(H,47,55)(H2,46,48,60)/t26-,27+,32-,33+,34+,35+,36+,44+/m1/s1. The van der Waals surface area contributed by atoms with E-state index in [-0.39, 0.29) is 43.5 Å². The Balaban J connectivity index is 1.02. The molecule has 1 saturated carbocycles. The van der Waals surface area contributed by atoms with Crippen LogP contribution >= 0.6 is 0 Å². The molecule has 2 aromatic carbocycles. The van der Waals surface area contributed by atoms with Crippen molar-refractivity contribution in [2.75, 3.05) is 31.6 Å². The number of anilines is 1. The lowest BCUT2D eigenvalue weighted by Gasteiger charge is -2.39. The molecule has 322 valence electrons. The fourth-order valence-corrected chi connectivity index (χ4v) is 9.66. The highest BCUT2D eigenvalue weighted by Gasteiger charge is 2.63. The number of fused-ring (bicyclic) bond motifs is 1. The normalized spacial score (nSPS) is 25.9. The van der Waals surface area contributed by atoms with Gasteiger partial charge in [0.05, 0.1) is 12.7 Å². The summed E-state index contributed by atoms with van der Waals surface area (Å²) in [7, 11) is 0. The van der Waals surface area contributed by atoms with Crippen LogP contribution in [0.3, 0.4) is 0 Å². The van der Waals surface area contributed by atoms with Gasteiger partial charge in [-0.1, -0.05) is 42.8 Å². The first-order valence-electron chi connectivity index (χ1n) is 21.3. The van der Waals surface area contributed by atoms with Crippen LogP contribution in [-0.4, -0.2) is 134 Å². The van der Waals surface area contributed by atoms with Crippen molar-refractivity contribution >= 4 is 47.0 Å². The van der Waals surface area contributed by atoms with Gasteiger partial charge in [0, 0.05) is 44.6 Å². The summed E-state index contributed by atoms with van der Waals surface area (Å²) in [6.45, 7) is 5.00. The average molecular weight is 828 g/mol. The van der Waals surface area contributed by atoms with Crippen molar-refractivity contribution in [1.82, 2.24) is 30.7 Å². The third kappa shape index (κ3) is 9.04. The molecule has 3 heterocycles. The maximum absolute atomic E-state index is 14.3. The Morgan fingerprint density at radius 2 is 1.65 bits per heavy atom. The van der Waals surface area contributed by atoms with E-state index in [0.29, 0.717) is 44.3 Å². The van der Waals surface area contributed by atoms with Crippen molar-refractivity contribution in [2.24, 2.45) is 5.92 Å². The zero-order chi connectivity index (χ0) is 42.9. The third-order valence-corrected chi connectivity index (χ3v) is 12.8. The second kappa shape index (κ2) is 17.7. The number of piperidine rings is 1. The van der Waals surface area contributed by atoms with Gasteiger partial charge in [0.2, 0.25) is 29.5 Å². The van der Waals surface area contributed by atoms with Crippen LogP contribution in [0, 0.1) is 12.8 Å². The average Bonchev–Trinajstić information content (AvgIpc) is 3.57. The number of urea groups is 1. The van der Waals surface area contributed by atoms with Crippen LogP contribution in [0.4, 0.5) is 10.5 Å². The second-order valence-corrected chi connectivity index (χ2v) is 17.5. The molecule has 2 aromatic rings. The number of aryl methyl sites for hydroxylation is 3. The minimum absolute atomic E-state index is 0.0239. The predicted octanol–water partition coefficient (Wildman–Crippen LogP) is 1.12. The van der Waals surface area contributed by atoms with Crippen LogP contribution in [0.15, 0.2) is 42.5 Å². The van der Waals surface area contributed by atoms with Crippen LogP contribution in [0.1, 0.15) is 81.0 Å². The second-order valence-electron chi connectivity index (χ2n) is 17.5. The van der Waals surface area contributed by atoms with Gasteiger partial charge < -0.3 is 46.2 Å². The molecule has 0 aromatic heterocycles. The lowest BCUT2D eigenvalue weighted by atomic mass is 9.99. The van der Waals surface area contributed by atoms with Crippen molar-refractivity contribution in [3.05, 3.63) is 64.7 Å². The number of hydrogen-bond donors (Lipinski definition) is 6. The topological polar surface area (TPSA) is 218 Å². The van der Waals surface area contributed by atoms with E-state index in [0.717, 1.165) is 40.9 Å². The maximum atomic E-state index is 14.3. The van der Waals surface area contributed by atoms with E-state index in [1.807, 2.05) is 56.3 Å². The van der Waals surface area contributed by atoms with E-state index in [1.54, 1.807) is 11.8 Å². The quantitative estimate of drug-likeness (QED) is 0.181. The van der Waals surface area contributed by atoms with E-state index in [2.05, 4.69) is 21.3 Å². The first kappa shape index (κ1) is 42.8. The van der Waals surface area contributed by atoms with E-state index < -0.39 is 78.1 Å². The molecular formula is C44H57N7O9. The number of hydrogen-bond acceptors (Lipinski definition) is 9. The van der Waals surface area contributed by atoms with Gasteiger partial charge in [-0.25, -0.2) is 4.79 Å². The molecule has 7 amide bonds. The molecule has 6 N–H and O–H groups in total. The molecule has 1 spiro atoms. The minimum Gasteiger partial charge on any atom is -0.394 e. The monoisotopic (exact) mass is 827 g/mol. The molecule has 2 aliphatic carbocycles. The smallest absolute Gasteiger partial charge is 0.319 e. The molecule has 60 heavy (non-hydrogen) atoms. The van der Waals surface area contributed by atoms with Gasteiger partial charge in [-0.2, -0.15) is 0 Å². The SMILES string of the molecule is Cc1cccc(C[C@H](NC(=O)Nc2ccc3c(c2)CCC3)C(=O)N[C@@H](CO)C(=O)N2C[C@H](O)C[C@H]2C(=O)N2CCCC[C@H]2C(=O)N[C@@H](C)C(=O)N2C[C@H](C)C[C@@]23CC3=O)c1. The van der Waals surface area contributed by atoms with Gasteiger partial charge in [0.15, 0.2) is 5.78 Å². The van der Waals surface area contributed by atoms with Crippen molar-refractivity contribution < 1.29 is 43.8 Å². The van der Waals surface area contributed by atoms with Crippen molar-refractivity contribution in [1.29, 1.82) is 0 Å². The number of rotatable bonds is 12. The van der Waals surface area contributed by atoms with Crippen molar-refractivity contribution in [2.45, 2.75) is 127 Å². The summed E-state index contributed by atoms with van der Waals surface area (Å²) in [6.07, 6.45) is 4.27. The summed E-state index contributed by atoms with van der Waals surface area (Å²) in [4.78, 5) is 99.4. The van der Waals surface area contributed by atoms with Gasteiger partial charge in [0.1, 0.15) is 35.7 Å². The number of Topliss-reactive ketones (excluding diaryl/α,β-unsaturated/α-hetero) is 1. The Labute approximate surface area is 349 Å². The number of ketones is 1. The molecule has 7 rings (SSSR count). The Kier molecular flexibility index (Phi) is 12.6. The Morgan fingerprint density at radius 1 is 0.883 bits per heavy atom. The lowest BCUT2D eigenvalue weighted by molar-refractivity contribution is -0.151. The molecule has 0 radical (unpaired) electrons. The molecule has 3 saturated heterocycles. The molecule has 16 nitrogen and oxygen atoms in total. The molecule has 5 aliphatic rings.